The molecular formula is C20H21Cl2N3O3S. The fourth-order valence-corrected chi connectivity index (χ4v) is 3.03. The average Bonchev–Trinajstić information content (AvgIpc) is 2.69. The summed E-state index contributed by atoms with van der Waals surface area (Å²) < 4.78 is 5.33. The monoisotopic (exact) mass is 453 g/mol. The second kappa shape index (κ2) is 11.0. The first-order chi connectivity index (χ1) is 13.8. The van der Waals surface area contributed by atoms with E-state index < -0.39 is 5.91 Å². The van der Waals surface area contributed by atoms with Crippen molar-refractivity contribution in [1.82, 2.24) is 5.32 Å². The summed E-state index contributed by atoms with van der Waals surface area (Å²) in [5, 5.41) is 8.77. The molecule has 9 heteroatoms. The normalized spacial score (nSPS) is 10.2. The van der Waals surface area contributed by atoms with Gasteiger partial charge in [0, 0.05) is 18.2 Å². The molecule has 2 aromatic carbocycles. The van der Waals surface area contributed by atoms with Gasteiger partial charge in [-0.1, -0.05) is 42.6 Å². The lowest BCUT2D eigenvalue weighted by Gasteiger charge is -2.14. The van der Waals surface area contributed by atoms with Gasteiger partial charge in [-0.05, 0) is 42.9 Å². The molecule has 0 saturated carbocycles. The minimum Gasteiger partial charge on any atom is -0.494 e. The Balaban J connectivity index is 2.03. The number of amides is 2. The number of ether oxygens (including phenoxy) is 1. The van der Waals surface area contributed by atoms with Crippen LogP contribution >= 0.6 is 35.4 Å². The van der Waals surface area contributed by atoms with Gasteiger partial charge >= 0.3 is 0 Å². The predicted octanol–water partition coefficient (Wildman–Crippen LogP) is 5.26. The van der Waals surface area contributed by atoms with Gasteiger partial charge in [0.25, 0.3) is 5.91 Å². The lowest BCUT2D eigenvalue weighted by atomic mass is 10.2. The highest BCUT2D eigenvalue weighted by Crippen LogP contribution is 2.28. The van der Waals surface area contributed by atoms with E-state index in [9.17, 15) is 9.59 Å². The number of unbranched alkanes of at least 4 members (excludes halogenated alkanes) is 1. The Hall–Kier alpha value is -2.35. The van der Waals surface area contributed by atoms with Gasteiger partial charge in [0.2, 0.25) is 5.91 Å². The molecule has 0 heterocycles. The van der Waals surface area contributed by atoms with Crippen molar-refractivity contribution >= 4 is 63.7 Å². The van der Waals surface area contributed by atoms with E-state index in [2.05, 4.69) is 16.0 Å². The van der Waals surface area contributed by atoms with Crippen LogP contribution in [0, 0.1) is 0 Å². The molecule has 0 atom stereocenters. The fraction of sp³-hybridized carbons (Fsp3) is 0.250. The van der Waals surface area contributed by atoms with Gasteiger partial charge in [0.05, 0.1) is 28.4 Å². The number of rotatable bonds is 7. The first kappa shape index (κ1) is 22.9. The van der Waals surface area contributed by atoms with Gasteiger partial charge in [0.1, 0.15) is 5.75 Å². The molecule has 2 rings (SSSR count). The summed E-state index contributed by atoms with van der Waals surface area (Å²) in [4.78, 5) is 24.3. The Morgan fingerprint density at radius 2 is 1.90 bits per heavy atom. The van der Waals surface area contributed by atoms with Crippen molar-refractivity contribution < 1.29 is 14.3 Å². The molecule has 0 spiro atoms. The third-order valence-electron chi connectivity index (χ3n) is 3.91. The van der Waals surface area contributed by atoms with Gasteiger partial charge in [-0.15, -0.1) is 0 Å². The van der Waals surface area contributed by atoms with Crippen LogP contribution in [0.1, 0.15) is 36.5 Å². The zero-order valence-corrected chi connectivity index (χ0v) is 18.3. The zero-order chi connectivity index (χ0) is 21.4. The van der Waals surface area contributed by atoms with Crippen LogP contribution in [0.4, 0.5) is 11.4 Å². The summed E-state index contributed by atoms with van der Waals surface area (Å²) in [6, 6.07) is 9.83. The number of thiocarbonyl (C=S) groups is 1. The van der Waals surface area contributed by atoms with Crippen LogP contribution in [0.25, 0.3) is 0 Å². The van der Waals surface area contributed by atoms with Crippen molar-refractivity contribution in [2.24, 2.45) is 0 Å². The fourth-order valence-electron chi connectivity index (χ4n) is 2.43. The first-order valence-corrected chi connectivity index (χ1v) is 10.1. The van der Waals surface area contributed by atoms with Crippen molar-refractivity contribution in [3.05, 3.63) is 52.0 Å². The van der Waals surface area contributed by atoms with Crippen LogP contribution in [0.2, 0.25) is 10.0 Å². The Morgan fingerprint density at radius 3 is 2.59 bits per heavy atom. The molecular weight excluding hydrogens is 433 g/mol. The molecule has 3 N–H and O–H groups in total. The average molecular weight is 454 g/mol. The number of methoxy groups -OCH3 is 1. The van der Waals surface area contributed by atoms with Crippen molar-refractivity contribution in [3.8, 4) is 5.75 Å². The van der Waals surface area contributed by atoms with Crippen LogP contribution in [0.15, 0.2) is 36.4 Å². The molecule has 6 nitrogen and oxygen atoms in total. The summed E-state index contributed by atoms with van der Waals surface area (Å²) in [6.45, 7) is 2.02. The number of carbonyl (C=O) groups excluding carboxylic acids is 2. The van der Waals surface area contributed by atoms with Crippen LogP contribution in [-0.2, 0) is 4.79 Å². The minimum atomic E-state index is -0.484. The molecule has 0 aliphatic rings. The number of halogens is 2. The topological polar surface area (TPSA) is 79.5 Å². The Kier molecular flexibility index (Phi) is 8.70. The maximum Gasteiger partial charge on any atom is 0.258 e. The quantitative estimate of drug-likeness (QED) is 0.498. The number of hydrogen-bond donors (Lipinski definition) is 3. The highest BCUT2D eigenvalue weighted by molar-refractivity contribution is 7.80. The minimum absolute atomic E-state index is 0.0767. The third-order valence-corrected chi connectivity index (χ3v) is 4.94. The van der Waals surface area contributed by atoms with Gasteiger partial charge < -0.3 is 15.4 Å². The van der Waals surface area contributed by atoms with E-state index in [4.69, 9.17) is 40.2 Å². The Labute approximate surface area is 184 Å². The van der Waals surface area contributed by atoms with Gasteiger partial charge in [-0.3, -0.25) is 14.9 Å². The SMILES string of the molecule is CCCCC(=O)Nc1ccc(NC(=S)NC(=O)c2cccc(Cl)c2Cl)cc1OC. The number of anilines is 2. The summed E-state index contributed by atoms with van der Waals surface area (Å²) in [6.07, 6.45) is 2.21. The first-order valence-electron chi connectivity index (χ1n) is 8.90. The van der Waals surface area contributed by atoms with Crippen LogP contribution < -0.4 is 20.7 Å². The zero-order valence-electron chi connectivity index (χ0n) is 16.0. The van der Waals surface area contributed by atoms with Crippen molar-refractivity contribution in [3.63, 3.8) is 0 Å². The summed E-state index contributed by atoms with van der Waals surface area (Å²) >= 11 is 17.2. The molecule has 0 aromatic heterocycles. The van der Waals surface area contributed by atoms with Gasteiger partial charge in [-0.2, -0.15) is 0 Å². The van der Waals surface area contributed by atoms with Crippen molar-refractivity contribution in [1.29, 1.82) is 0 Å². The Bertz CT molecular complexity index is 922. The standard InChI is InChI=1S/C20H21Cl2N3O3S/c1-3-4-8-17(26)24-15-10-9-12(11-16(15)28-2)23-20(29)25-19(27)13-6-5-7-14(21)18(13)22/h5-7,9-11H,3-4,8H2,1-2H3,(H,24,26)(H2,23,25,27,29). The second-order valence-electron chi connectivity index (χ2n) is 6.08. The molecule has 0 aliphatic carbocycles. The van der Waals surface area contributed by atoms with Crippen LogP contribution in [0.5, 0.6) is 5.75 Å². The van der Waals surface area contributed by atoms with Gasteiger partial charge in [0.15, 0.2) is 5.11 Å². The van der Waals surface area contributed by atoms with Gasteiger partial charge in [-0.25, -0.2) is 0 Å². The molecule has 0 radical (unpaired) electrons. The van der Waals surface area contributed by atoms with Crippen molar-refractivity contribution in [2.75, 3.05) is 17.7 Å². The molecule has 2 amide bonds. The lowest BCUT2D eigenvalue weighted by Crippen LogP contribution is -2.34. The molecule has 0 aliphatic heterocycles. The van der Waals surface area contributed by atoms with E-state index in [0.29, 0.717) is 23.5 Å². The summed E-state index contributed by atoms with van der Waals surface area (Å²) in [5.41, 5.74) is 1.35. The molecule has 0 unspecified atom stereocenters. The smallest absolute Gasteiger partial charge is 0.258 e. The molecule has 0 fully saturated rings. The molecule has 0 saturated heterocycles. The lowest BCUT2D eigenvalue weighted by molar-refractivity contribution is -0.116. The molecule has 154 valence electrons. The number of benzene rings is 2. The number of nitrogens with one attached hydrogen (secondary N) is 3. The predicted molar refractivity (Wildman–Crippen MR) is 121 cm³/mol. The summed E-state index contributed by atoms with van der Waals surface area (Å²) in [5.74, 6) is -0.0966. The largest absolute Gasteiger partial charge is 0.494 e. The van der Waals surface area contributed by atoms with E-state index in [-0.39, 0.29) is 26.6 Å². The van der Waals surface area contributed by atoms with E-state index in [1.54, 1.807) is 36.4 Å². The Morgan fingerprint density at radius 1 is 1.14 bits per heavy atom. The molecule has 0 bridgehead atoms. The highest BCUT2D eigenvalue weighted by atomic mass is 35.5. The van der Waals surface area contributed by atoms with E-state index >= 15 is 0 Å². The highest BCUT2D eigenvalue weighted by Gasteiger charge is 2.14. The van der Waals surface area contributed by atoms with Crippen LogP contribution in [-0.4, -0.2) is 24.0 Å². The molecule has 29 heavy (non-hydrogen) atoms. The maximum atomic E-state index is 12.3. The van der Waals surface area contributed by atoms with E-state index in [1.807, 2.05) is 6.92 Å². The molecule has 2 aromatic rings. The second-order valence-corrected chi connectivity index (χ2v) is 7.27. The maximum absolute atomic E-state index is 12.3. The summed E-state index contributed by atoms with van der Waals surface area (Å²) in [7, 11) is 1.50. The van der Waals surface area contributed by atoms with Crippen molar-refractivity contribution in [2.45, 2.75) is 26.2 Å². The third kappa shape index (κ3) is 6.59. The van der Waals surface area contributed by atoms with Crippen LogP contribution in [0.3, 0.4) is 0 Å². The number of hydrogen-bond acceptors (Lipinski definition) is 4. The number of carbonyl (C=O) groups is 2. The van der Waals surface area contributed by atoms with E-state index in [1.165, 1.54) is 7.11 Å². The van der Waals surface area contributed by atoms with E-state index in [0.717, 1.165) is 12.8 Å².